The van der Waals surface area contributed by atoms with Crippen LogP contribution in [0.2, 0.25) is 0 Å². The van der Waals surface area contributed by atoms with Crippen molar-refractivity contribution < 1.29 is 15.1 Å². The van der Waals surface area contributed by atoms with Crippen molar-refractivity contribution in [2.75, 3.05) is 6.61 Å². The Kier molecular flexibility index (Phi) is 3.23. The van der Waals surface area contributed by atoms with Gasteiger partial charge in [-0.25, -0.2) is 0 Å². The van der Waals surface area contributed by atoms with Gasteiger partial charge in [0.05, 0.1) is 23.1 Å². The molecule has 0 saturated carbocycles. The van der Waals surface area contributed by atoms with E-state index in [2.05, 4.69) is 0 Å². The highest BCUT2D eigenvalue weighted by Gasteiger charge is 2.23. The molecule has 0 fully saturated rings. The Labute approximate surface area is 86.1 Å². The zero-order chi connectivity index (χ0) is 11.6. The standard InChI is InChI=1S/C9H12N2O4/c1-5-2-3-7(11(14)15)8(9(5)13)6(10)4-12/h2-3,6,12-13H,4,10H2,1H3/t6-/m0/s1. The quantitative estimate of drug-likeness (QED) is 0.502. The van der Waals surface area contributed by atoms with E-state index in [1.54, 1.807) is 6.92 Å². The second-order valence-electron chi connectivity index (χ2n) is 3.21. The van der Waals surface area contributed by atoms with Crippen molar-refractivity contribution in [2.45, 2.75) is 13.0 Å². The van der Waals surface area contributed by atoms with E-state index >= 15 is 0 Å². The number of phenolic OH excluding ortho intramolecular Hbond substituents is 1. The smallest absolute Gasteiger partial charge is 0.277 e. The molecular weight excluding hydrogens is 200 g/mol. The lowest BCUT2D eigenvalue weighted by Gasteiger charge is -2.12. The lowest BCUT2D eigenvalue weighted by atomic mass is 10.0. The second kappa shape index (κ2) is 4.24. The van der Waals surface area contributed by atoms with Crippen molar-refractivity contribution in [3.8, 4) is 5.75 Å². The highest BCUT2D eigenvalue weighted by atomic mass is 16.6. The number of nitrogens with zero attached hydrogens (tertiary/aromatic N) is 1. The molecule has 6 heteroatoms. The first-order chi connectivity index (χ1) is 6.99. The molecule has 15 heavy (non-hydrogen) atoms. The van der Waals surface area contributed by atoms with Crippen molar-refractivity contribution in [1.29, 1.82) is 0 Å². The van der Waals surface area contributed by atoms with Crippen molar-refractivity contribution in [1.82, 2.24) is 0 Å². The molecule has 0 aliphatic heterocycles. The first-order valence-electron chi connectivity index (χ1n) is 4.32. The number of rotatable bonds is 3. The summed E-state index contributed by atoms with van der Waals surface area (Å²) in [4.78, 5) is 10.0. The van der Waals surface area contributed by atoms with Gasteiger partial charge >= 0.3 is 0 Å². The molecule has 0 heterocycles. The van der Waals surface area contributed by atoms with E-state index in [0.29, 0.717) is 5.56 Å². The Hall–Kier alpha value is -1.66. The summed E-state index contributed by atoms with van der Waals surface area (Å²) in [5, 5.41) is 29.1. The molecule has 0 amide bonds. The first-order valence-corrected chi connectivity index (χ1v) is 4.32. The van der Waals surface area contributed by atoms with Crippen LogP contribution in [0.4, 0.5) is 5.69 Å². The minimum atomic E-state index is -0.953. The molecular formula is C9H12N2O4. The molecule has 82 valence electrons. The van der Waals surface area contributed by atoms with E-state index in [1.165, 1.54) is 12.1 Å². The molecule has 0 aliphatic carbocycles. The molecule has 0 radical (unpaired) electrons. The number of hydrogen-bond donors (Lipinski definition) is 3. The number of hydrogen-bond acceptors (Lipinski definition) is 5. The summed E-state index contributed by atoms with van der Waals surface area (Å²) < 4.78 is 0. The average Bonchev–Trinajstić information content (AvgIpc) is 2.20. The summed E-state index contributed by atoms with van der Waals surface area (Å²) in [7, 11) is 0. The summed E-state index contributed by atoms with van der Waals surface area (Å²) in [5.41, 5.74) is 5.67. The third-order valence-electron chi connectivity index (χ3n) is 2.16. The summed E-state index contributed by atoms with van der Waals surface area (Å²) in [5.74, 6) is -0.231. The normalized spacial score (nSPS) is 12.5. The third-order valence-corrected chi connectivity index (χ3v) is 2.16. The summed E-state index contributed by atoms with van der Waals surface area (Å²) >= 11 is 0. The van der Waals surface area contributed by atoms with E-state index < -0.39 is 17.6 Å². The van der Waals surface area contributed by atoms with Crippen LogP contribution >= 0.6 is 0 Å². The van der Waals surface area contributed by atoms with Gasteiger partial charge < -0.3 is 15.9 Å². The first kappa shape index (κ1) is 11.4. The van der Waals surface area contributed by atoms with Crippen molar-refractivity contribution >= 4 is 5.69 Å². The van der Waals surface area contributed by atoms with Crippen LogP contribution < -0.4 is 5.73 Å². The Morgan fingerprint density at radius 2 is 2.20 bits per heavy atom. The number of aryl methyl sites for hydroxylation is 1. The Morgan fingerprint density at radius 3 is 2.67 bits per heavy atom. The zero-order valence-electron chi connectivity index (χ0n) is 8.17. The molecule has 6 nitrogen and oxygen atoms in total. The fourth-order valence-corrected chi connectivity index (χ4v) is 1.32. The molecule has 1 atom stereocenters. The average molecular weight is 212 g/mol. The summed E-state index contributed by atoms with van der Waals surface area (Å²) in [6.07, 6.45) is 0. The van der Waals surface area contributed by atoms with Crippen molar-refractivity contribution in [3.05, 3.63) is 33.4 Å². The van der Waals surface area contributed by atoms with Gasteiger partial charge in [0.25, 0.3) is 5.69 Å². The fourth-order valence-electron chi connectivity index (χ4n) is 1.32. The molecule has 0 aliphatic rings. The second-order valence-corrected chi connectivity index (χ2v) is 3.21. The zero-order valence-corrected chi connectivity index (χ0v) is 8.17. The van der Waals surface area contributed by atoms with Gasteiger partial charge in [0.1, 0.15) is 5.75 Å². The molecule has 0 saturated heterocycles. The molecule has 1 aromatic rings. The molecule has 0 spiro atoms. The van der Waals surface area contributed by atoms with E-state index in [9.17, 15) is 15.2 Å². The van der Waals surface area contributed by atoms with Gasteiger partial charge in [0.2, 0.25) is 0 Å². The Bertz CT molecular complexity index is 392. The molecule has 4 N–H and O–H groups in total. The van der Waals surface area contributed by atoms with Gasteiger partial charge in [-0.05, 0) is 18.6 Å². The van der Waals surface area contributed by atoms with Crippen LogP contribution in [0.15, 0.2) is 12.1 Å². The number of nitro groups is 1. The van der Waals surface area contributed by atoms with Crippen LogP contribution in [0.5, 0.6) is 5.75 Å². The van der Waals surface area contributed by atoms with Crippen LogP contribution in [0.25, 0.3) is 0 Å². The molecule has 1 aromatic carbocycles. The van der Waals surface area contributed by atoms with Gasteiger partial charge in [-0.1, -0.05) is 0 Å². The lowest BCUT2D eigenvalue weighted by Crippen LogP contribution is -2.16. The Morgan fingerprint density at radius 1 is 1.60 bits per heavy atom. The monoisotopic (exact) mass is 212 g/mol. The predicted octanol–water partition coefficient (Wildman–Crippen LogP) is 0.601. The van der Waals surface area contributed by atoms with E-state index in [0.717, 1.165) is 0 Å². The number of aromatic hydroxyl groups is 1. The van der Waals surface area contributed by atoms with Crippen LogP contribution in [0.3, 0.4) is 0 Å². The third kappa shape index (κ3) is 2.05. The maximum atomic E-state index is 10.7. The number of benzene rings is 1. The minimum Gasteiger partial charge on any atom is -0.507 e. The topological polar surface area (TPSA) is 110 Å². The van der Waals surface area contributed by atoms with Gasteiger partial charge in [-0.3, -0.25) is 10.1 Å². The Balaban J connectivity index is 3.41. The largest absolute Gasteiger partial charge is 0.507 e. The summed E-state index contributed by atoms with van der Waals surface area (Å²) in [6.45, 7) is 1.14. The van der Waals surface area contributed by atoms with Crippen LogP contribution in [0, 0.1) is 17.0 Å². The molecule has 0 unspecified atom stereocenters. The lowest BCUT2D eigenvalue weighted by molar-refractivity contribution is -0.385. The number of aliphatic hydroxyl groups excluding tert-OH is 1. The molecule has 0 aromatic heterocycles. The number of phenols is 1. The van der Waals surface area contributed by atoms with Gasteiger partial charge in [-0.15, -0.1) is 0 Å². The number of aliphatic hydroxyl groups is 1. The highest BCUT2D eigenvalue weighted by molar-refractivity contribution is 5.54. The van der Waals surface area contributed by atoms with Crippen LogP contribution in [-0.2, 0) is 0 Å². The molecule has 1 rings (SSSR count). The van der Waals surface area contributed by atoms with Crippen LogP contribution in [-0.4, -0.2) is 21.7 Å². The highest BCUT2D eigenvalue weighted by Crippen LogP contribution is 2.34. The number of nitro benzene ring substituents is 1. The van der Waals surface area contributed by atoms with E-state index in [1.807, 2.05) is 0 Å². The number of nitrogens with two attached hydrogens (primary N) is 1. The molecule has 0 bridgehead atoms. The van der Waals surface area contributed by atoms with Gasteiger partial charge in [0, 0.05) is 6.07 Å². The van der Waals surface area contributed by atoms with Crippen molar-refractivity contribution in [3.63, 3.8) is 0 Å². The van der Waals surface area contributed by atoms with Gasteiger partial charge in [-0.2, -0.15) is 0 Å². The maximum Gasteiger partial charge on any atom is 0.277 e. The fraction of sp³-hybridized carbons (Fsp3) is 0.333. The predicted molar refractivity (Wildman–Crippen MR) is 53.5 cm³/mol. The maximum absolute atomic E-state index is 10.7. The SMILES string of the molecule is Cc1ccc([N+](=O)[O-])c([C@@H](N)CO)c1O. The van der Waals surface area contributed by atoms with E-state index in [4.69, 9.17) is 10.8 Å². The van der Waals surface area contributed by atoms with Crippen molar-refractivity contribution in [2.24, 2.45) is 5.73 Å². The summed E-state index contributed by atoms with van der Waals surface area (Å²) in [6, 6.07) is 1.74. The van der Waals surface area contributed by atoms with Gasteiger partial charge in [0.15, 0.2) is 0 Å². The van der Waals surface area contributed by atoms with Crippen LogP contribution in [0.1, 0.15) is 17.2 Å². The van der Waals surface area contributed by atoms with E-state index in [-0.39, 0.29) is 17.0 Å². The minimum absolute atomic E-state index is 0.0255.